The number of nitrogens with zero attached hydrogens (tertiary/aromatic N) is 2. The Hall–Kier alpha value is -3.86. The molecule has 1 amide bonds. The van der Waals surface area contributed by atoms with Gasteiger partial charge in [-0.05, 0) is 42.5 Å². The minimum atomic E-state index is -4.76. The van der Waals surface area contributed by atoms with Crippen molar-refractivity contribution in [2.75, 3.05) is 24.2 Å². The lowest BCUT2D eigenvalue weighted by Crippen LogP contribution is -2.26. The number of rotatable bonds is 7. The summed E-state index contributed by atoms with van der Waals surface area (Å²) in [6, 6.07) is 11.5. The monoisotopic (exact) mass is 433 g/mol. The van der Waals surface area contributed by atoms with E-state index in [4.69, 9.17) is 10.8 Å². The molecule has 0 aliphatic carbocycles. The normalized spacial score (nSPS) is 11.1. The molecule has 1 heterocycles. The van der Waals surface area contributed by atoms with Crippen molar-refractivity contribution in [3.63, 3.8) is 0 Å². The summed E-state index contributed by atoms with van der Waals surface area (Å²) in [7, 11) is 0. The summed E-state index contributed by atoms with van der Waals surface area (Å²) in [4.78, 5) is 20.2. The second-order valence-corrected chi connectivity index (χ2v) is 6.27. The molecule has 0 bridgehead atoms. The zero-order valence-electron chi connectivity index (χ0n) is 16.0. The largest absolute Gasteiger partial charge is 0.573 e. The number of ether oxygens (including phenoxy) is 1. The van der Waals surface area contributed by atoms with Crippen LogP contribution < -0.4 is 21.1 Å². The minimum absolute atomic E-state index is 0.130. The fraction of sp³-hybridized carbons (Fsp3) is 0.150. The van der Waals surface area contributed by atoms with Gasteiger partial charge in [0.25, 0.3) is 5.91 Å². The van der Waals surface area contributed by atoms with Crippen LogP contribution in [0, 0.1) is 0 Å². The molecule has 162 valence electrons. The van der Waals surface area contributed by atoms with Gasteiger partial charge in [0.05, 0.1) is 12.3 Å². The SMILES string of the molecule is Nc1cc(C(=O)NCCO)ccc1-c1cc(Nc2ccc(OC(F)(F)F)cc2)ncn1. The van der Waals surface area contributed by atoms with Gasteiger partial charge in [-0.2, -0.15) is 0 Å². The summed E-state index contributed by atoms with van der Waals surface area (Å²) in [5, 5.41) is 14.3. The lowest BCUT2D eigenvalue weighted by Gasteiger charge is -2.11. The number of aromatic nitrogens is 2. The van der Waals surface area contributed by atoms with Gasteiger partial charge < -0.3 is 26.2 Å². The van der Waals surface area contributed by atoms with Crippen LogP contribution in [-0.2, 0) is 0 Å². The first-order chi connectivity index (χ1) is 14.7. The average molecular weight is 433 g/mol. The van der Waals surface area contributed by atoms with Crippen molar-refractivity contribution in [1.82, 2.24) is 15.3 Å². The number of nitrogens with one attached hydrogen (secondary N) is 2. The number of hydrogen-bond acceptors (Lipinski definition) is 7. The number of benzene rings is 2. The van der Waals surface area contributed by atoms with Gasteiger partial charge in [-0.25, -0.2) is 9.97 Å². The summed E-state index contributed by atoms with van der Waals surface area (Å²) in [5.74, 6) is -0.314. The molecule has 0 saturated heterocycles. The van der Waals surface area contributed by atoms with Gasteiger partial charge in [-0.3, -0.25) is 4.79 Å². The Morgan fingerprint density at radius 1 is 1.10 bits per heavy atom. The number of aliphatic hydroxyl groups excluding tert-OH is 1. The molecule has 8 nitrogen and oxygen atoms in total. The predicted octanol–water partition coefficient (Wildman–Crippen LogP) is 3.09. The Labute approximate surface area is 174 Å². The molecule has 2 aromatic carbocycles. The highest BCUT2D eigenvalue weighted by atomic mass is 19.4. The third kappa shape index (κ3) is 6.06. The highest BCUT2D eigenvalue weighted by Crippen LogP contribution is 2.28. The van der Waals surface area contributed by atoms with Crippen LogP contribution in [0.2, 0.25) is 0 Å². The van der Waals surface area contributed by atoms with Crippen LogP contribution in [0.4, 0.5) is 30.4 Å². The first-order valence-electron chi connectivity index (χ1n) is 8.99. The molecule has 3 aromatic rings. The molecule has 11 heteroatoms. The van der Waals surface area contributed by atoms with Crippen molar-refractivity contribution in [3.8, 4) is 17.0 Å². The highest BCUT2D eigenvalue weighted by molar-refractivity contribution is 5.96. The number of amides is 1. The molecule has 3 rings (SSSR count). The van der Waals surface area contributed by atoms with Gasteiger partial charge in [0.2, 0.25) is 0 Å². The fourth-order valence-electron chi connectivity index (χ4n) is 2.67. The molecular formula is C20H18F3N5O3. The molecule has 0 atom stereocenters. The Kier molecular flexibility index (Phi) is 6.55. The third-order valence-electron chi connectivity index (χ3n) is 4.01. The molecule has 0 fully saturated rings. The van der Waals surface area contributed by atoms with Gasteiger partial charge in [-0.15, -0.1) is 13.2 Å². The summed E-state index contributed by atoms with van der Waals surface area (Å²) in [6.07, 6.45) is -3.45. The van der Waals surface area contributed by atoms with Gasteiger partial charge >= 0.3 is 6.36 Å². The number of hydrogen-bond donors (Lipinski definition) is 4. The van der Waals surface area contributed by atoms with E-state index in [2.05, 4.69) is 25.3 Å². The average Bonchev–Trinajstić information content (AvgIpc) is 2.72. The topological polar surface area (TPSA) is 122 Å². The molecule has 0 radical (unpaired) electrons. The zero-order valence-corrected chi connectivity index (χ0v) is 16.0. The summed E-state index contributed by atoms with van der Waals surface area (Å²) in [6.45, 7) is -0.0428. The second kappa shape index (κ2) is 9.30. The molecule has 31 heavy (non-hydrogen) atoms. The van der Waals surface area contributed by atoms with Crippen LogP contribution >= 0.6 is 0 Å². The van der Waals surface area contributed by atoms with E-state index in [0.29, 0.717) is 34.0 Å². The molecule has 0 aliphatic heterocycles. The first kappa shape index (κ1) is 21.8. The Balaban J connectivity index is 1.75. The van der Waals surface area contributed by atoms with Crippen LogP contribution in [0.5, 0.6) is 5.75 Å². The van der Waals surface area contributed by atoms with Crippen molar-refractivity contribution in [2.24, 2.45) is 0 Å². The quantitative estimate of drug-likeness (QED) is 0.422. The molecule has 0 unspecified atom stereocenters. The van der Waals surface area contributed by atoms with Crippen LogP contribution in [0.1, 0.15) is 10.4 Å². The van der Waals surface area contributed by atoms with Gasteiger partial charge in [0.1, 0.15) is 17.9 Å². The van der Waals surface area contributed by atoms with Crippen molar-refractivity contribution in [2.45, 2.75) is 6.36 Å². The lowest BCUT2D eigenvalue weighted by molar-refractivity contribution is -0.274. The fourth-order valence-corrected chi connectivity index (χ4v) is 2.67. The standard InChI is InChI=1S/C20H18F3N5O3/c21-20(22,23)31-14-4-2-13(3-5-14)28-18-10-17(26-11-27-18)15-6-1-12(9-16(15)24)19(30)25-7-8-29/h1-6,9-11,29H,7-8,24H2,(H,25,30)(H,26,27,28). The van der Waals surface area contributed by atoms with Crippen LogP contribution in [-0.4, -0.2) is 40.5 Å². The smallest absolute Gasteiger partial charge is 0.406 e. The lowest BCUT2D eigenvalue weighted by atomic mass is 10.1. The molecule has 5 N–H and O–H groups in total. The number of nitrogen functional groups attached to an aromatic ring is 1. The van der Waals surface area contributed by atoms with Gasteiger partial charge in [-0.1, -0.05) is 0 Å². The maximum Gasteiger partial charge on any atom is 0.573 e. The van der Waals surface area contributed by atoms with Crippen LogP contribution in [0.25, 0.3) is 11.3 Å². The first-order valence-corrected chi connectivity index (χ1v) is 8.99. The third-order valence-corrected chi connectivity index (χ3v) is 4.01. The predicted molar refractivity (Wildman–Crippen MR) is 108 cm³/mol. The van der Waals surface area contributed by atoms with Crippen LogP contribution in [0.3, 0.4) is 0 Å². The molecule has 0 saturated carbocycles. The number of halogens is 3. The van der Waals surface area contributed by atoms with Crippen LogP contribution in [0.15, 0.2) is 54.9 Å². The molecule has 1 aromatic heterocycles. The molecule has 0 aliphatic rings. The Bertz CT molecular complexity index is 1060. The summed E-state index contributed by atoms with van der Waals surface area (Å²) in [5.41, 5.74) is 8.26. The molecule has 0 spiro atoms. The van der Waals surface area contributed by atoms with E-state index in [0.717, 1.165) is 0 Å². The summed E-state index contributed by atoms with van der Waals surface area (Å²) < 4.78 is 40.6. The number of alkyl halides is 3. The van der Waals surface area contributed by atoms with Gasteiger partial charge in [0.15, 0.2) is 0 Å². The van der Waals surface area contributed by atoms with Gasteiger partial charge in [0, 0.05) is 35.1 Å². The van der Waals surface area contributed by atoms with E-state index in [1.54, 1.807) is 18.2 Å². The second-order valence-electron chi connectivity index (χ2n) is 6.27. The van der Waals surface area contributed by atoms with Crippen molar-refractivity contribution < 1.29 is 27.8 Å². The number of carbonyl (C=O) groups is 1. The summed E-state index contributed by atoms with van der Waals surface area (Å²) >= 11 is 0. The van der Waals surface area contributed by atoms with Crippen molar-refractivity contribution >= 4 is 23.1 Å². The maximum absolute atomic E-state index is 12.3. The number of anilines is 3. The van der Waals surface area contributed by atoms with E-state index in [9.17, 15) is 18.0 Å². The Morgan fingerprint density at radius 2 is 1.84 bits per heavy atom. The number of nitrogens with two attached hydrogens (primary N) is 1. The van der Waals surface area contributed by atoms with E-state index in [1.807, 2.05) is 0 Å². The maximum atomic E-state index is 12.3. The van der Waals surface area contributed by atoms with E-state index >= 15 is 0 Å². The number of aliphatic hydroxyl groups is 1. The van der Waals surface area contributed by atoms with Crippen molar-refractivity contribution in [1.29, 1.82) is 0 Å². The number of carbonyl (C=O) groups excluding carboxylic acids is 1. The highest BCUT2D eigenvalue weighted by Gasteiger charge is 2.30. The van der Waals surface area contributed by atoms with E-state index in [-0.39, 0.29) is 24.8 Å². The minimum Gasteiger partial charge on any atom is -0.406 e. The molecular weight excluding hydrogens is 415 g/mol. The van der Waals surface area contributed by atoms with Crippen molar-refractivity contribution in [3.05, 3.63) is 60.4 Å². The van der Waals surface area contributed by atoms with E-state index < -0.39 is 6.36 Å². The zero-order chi connectivity index (χ0) is 22.4. The Morgan fingerprint density at radius 3 is 2.48 bits per heavy atom. The van der Waals surface area contributed by atoms with E-state index in [1.165, 1.54) is 36.7 Å².